The molecule has 210 valence electrons. The lowest BCUT2D eigenvalue weighted by Gasteiger charge is -2.42. The van der Waals surface area contributed by atoms with Gasteiger partial charge < -0.3 is 19.6 Å². The average molecular weight is 553 g/mol. The average Bonchev–Trinajstić information content (AvgIpc) is 3.52. The fraction of sp³-hybridized carbons (Fsp3) is 0.581. The van der Waals surface area contributed by atoms with Crippen molar-refractivity contribution in [3.8, 4) is 0 Å². The van der Waals surface area contributed by atoms with E-state index in [9.17, 15) is 19.5 Å². The second kappa shape index (κ2) is 11.1. The number of thioether (sulfide) groups is 1. The Kier molecular flexibility index (Phi) is 7.98. The molecule has 1 aliphatic carbocycles. The fourth-order valence-electron chi connectivity index (χ4n) is 7.70. The summed E-state index contributed by atoms with van der Waals surface area (Å²) in [4.78, 5) is 46.3. The quantitative estimate of drug-likeness (QED) is 0.345. The number of likely N-dealkylation sites (tertiary alicyclic amines) is 1. The normalized spacial score (nSPS) is 32.5. The fourth-order valence-corrected chi connectivity index (χ4v) is 10.0. The van der Waals surface area contributed by atoms with Gasteiger partial charge in [0, 0.05) is 17.3 Å². The van der Waals surface area contributed by atoms with Gasteiger partial charge in [0.15, 0.2) is 0 Å². The summed E-state index contributed by atoms with van der Waals surface area (Å²) in [5.74, 6) is -2.10. The maximum absolute atomic E-state index is 14.8. The van der Waals surface area contributed by atoms with Crippen molar-refractivity contribution < 1.29 is 24.2 Å². The Hall–Kier alpha value is -2.58. The Morgan fingerprint density at radius 1 is 1.18 bits per heavy atom. The van der Waals surface area contributed by atoms with E-state index in [1.165, 1.54) is 6.08 Å². The molecule has 2 bridgehead atoms. The standard InChI is InChI=1S/C31H40N2O5S/c1-4-18-32(22-14-10-7-11-15-22)28(36)26-31-17-16-30(3,39-31)25(29(37)38-19-5-2)24(31)27(35)33(26)23(20-34)21-12-8-6-9-13-21/h4-6,8-9,12-13,22-26,34H,1-2,7,10-11,14-20H2,3H3/t23-,24+,25-,26?,30+,31?/m1/s1. The lowest BCUT2D eigenvalue weighted by molar-refractivity contribution is -0.155. The van der Waals surface area contributed by atoms with Crippen molar-refractivity contribution in [2.45, 2.75) is 79.5 Å². The number of fused-ring (bicyclic) bond motifs is 1. The van der Waals surface area contributed by atoms with Crippen LogP contribution in [0.4, 0.5) is 0 Å². The lowest BCUT2D eigenvalue weighted by atomic mass is 9.66. The molecule has 4 aliphatic rings. The summed E-state index contributed by atoms with van der Waals surface area (Å²) in [5, 5.41) is 10.7. The number of ether oxygens (including phenoxy) is 1. The van der Waals surface area contributed by atoms with E-state index in [0.29, 0.717) is 19.4 Å². The molecule has 3 aliphatic heterocycles. The molecule has 1 aromatic carbocycles. The second-order valence-electron chi connectivity index (χ2n) is 11.6. The molecule has 7 nitrogen and oxygen atoms in total. The van der Waals surface area contributed by atoms with Crippen molar-refractivity contribution >= 4 is 29.5 Å². The number of carbonyl (C=O) groups excluding carboxylic acids is 3. The smallest absolute Gasteiger partial charge is 0.311 e. The minimum absolute atomic E-state index is 0.0775. The van der Waals surface area contributed by atoms with Gasteiger partial charge in [-0.3, -0.25) is 14.4 Å². The van der Waals surface area contributed by atoms with Crippen LogP contribution in [0.25, 0.3) is 0 Å². The number of carbonyl (C=O) groups is 3. The third-order valence-electron chi connectivity index (χ3n) is 9.36. The van der Waals surface area contributed by atoms with Crippen LogP contribution >= 0.6 is 11.8 Å². The monoisotopic (exact) mass is 552 g/mol. The van der Waals surface area contributed by atoms with Crippen LogP contribution in [-0.2, 0) is 19.1 Å². The lowest BCUT2D eigenvalue weighted by Crippen LogP contribution is -2.57. The first-order valence-corrected chi connectivity index (χ1v) is 15.0. The van der Waals surface area contributed by atoms with Crippen molar-refractivity contribution in [2.75, 3.05) is 19.8 Å². The molecule has 8 heteroatoms. The van der Waals surface area contributed by atoms with Crippen LogP contribution in [0.15, 0.2) is 55.6 Å². The Morgan fingerprint density at radius 2 is 1.90 bits per heavy atom. The topological polar surface area (TPSA) is 87.1 Å². The summed E-state index contributed by atoms with van der Waals surface area (Å²) in [5.41, 5.74) is 0.770. The molecule has 3 saturated heterocycles. The van der Waals surface area contributed by atoms with Crippen LogP contribution < -0.4 is 0 Å². The molecule has 5 rings (SSSR count). The molecule has 6 atom stereocenters. The van der Waals surface area contributed by atoms with Crippen molar-refractivity contribution in [3.05, 3.63) is 61.2 Å². The minimum atomic E-state index is -0.793. The molecule has 39 heavy (non-hydrogen) atoms. The Morgan fingerprint density at radius 3 is 2.54 bits per heavy atom. The number of aliphatic hydroxyl groups excluding tert-OH is 1. The zero-order chi connectivity index (χ0) is 27.8. The van der Waals surface area contributed by atoms with Gasteiger partial charge in [-0.15, -0.1) is 18.3 Å². The first-order valence-electron chi connectivity index (χ1n) is 14.2. The van der Waals surface area contributed by atoms with Gasteiger partial charge in [0.1, 0.15) is 12.6 Å². The Balaban J connectivity index is 1.62. The predicted molar refractivity (Wildman–Crippen MR) is 152 cm³/mol. The highest BCUT2D eigenvalue weighted by Crippen LogP contribution is 2.72. The number of hydrogen-bond acceptors (Lipinski definition) is 6. The Bertz CT molecular complexity index is 1120. The van der Waals surface area contributed by atoms with E-state index in [1.807, 2.05) is 42.2 Å². The number of nitrogens with zero attached hydrogens (tertiary/aromatic N) is 2. The highest BCUT2D eigenvalue weighted by Gasteiger charge is 2.78. The zero-order valence-corrected chi connectivity index (χ0v) is 23.6. The molecule has 1 saturated carbocycles. The van der Waals surface area contributed by atoms with Crippen molar-refractivity contribution in [1.29, 1.82) is 0 Å². The van der Waals surface area contributed by atoms with Crippen molar-refractivity contribution in [3.63, 3.8) is 0 Å². The number of rotatable bonds is 10. The van der Waals surface area contributed by atoms with Gasteiger partial charge in [0.05, 0.1) is 29.2 Å². The van der Waals surface area contributed by atoms with E-state index in [2.05, 4.69) is 13.2 Å². The molecule has 4 fully saturated rings. The summed E-state index contributed by atoms with van der Waals surface area (Å²) in [6.07, 6.45) is 9.82. The van der Waals surface area contributed by atoms with Crippen molar-refractivity contribution in [2.24, 2.45) is 11.8 Å². The van der Waals surface area contributed by atoms with Gasteiger partial charge in [-0.1, -0.05) is 68.3 Å². The van der Waals surface area contributed by atoms with E-state index >= 15 is 0 Å². The summed E-state index contributed by atoms with van der Waals surface area (Å²) >= 11 is 1.63. The van der Waals surface area contributed by atoms with Crippen LogP contribution in [0.1, 0.15) is 63.5 Å². The highest BCUT2D eigenvalue weighted by molar-refractivity contribution is 8.02. The molecule has 0 aromatic heterocycles. The van der Waals surface area contributed by atoms with Crippen LogP contribution in [0, 0.1) is 11.8 Å². The van der Waals surface area contributed by atoms with Crippen LogP contribution in [-0.4, -0.2) is 74.0 Å². The summed E-state index contributed by atoms with van der Waals surface area (Å²) in [6, 6.07) is 8.00. The van der Waals surface area contributed by atoms with E-state index < -0.39 is 39.4 Å². The van der Waals surface area contributed by atoms with Gasteiger partial charge in [0.25, 0.3) is 0 Å². The second-order valence-corrected chi connectivity index (χ2v) is 13.5. The molecular weight excluding hydrogens is 512 g/mol. The van der Waals surface area contributed by atoms with Gasteiger partial charge in [0.2, 0.25) is 11.8 Å². The maximum Gasteiger partial charge on any atom is 0.311 e. The first kappa shape index (κ1) is 28.0. The third kappa shape index (κ3) is 4.53. The third-order valence-corrected chi connectivity index (χ3v) is 11.3. The van der Waals surface area contributed by atoms with Gasteiger partial charge in [-0.2, -0.15) is 0 Å². The molecule has 1 aromatic rings. The molecule has 1 N–H and O–H groups in total. The van der Waals surface area contributed by atoms with Gasteiger partial charge in [-0.25, -0.2) is 0 Å². The molecule has 3 heterocycles. The van der Waals surface area contributed by atoms with Crippen molar-refractivity contribution in [1.82, 2.24) is 9.80 Å². The Labute approximate surface area is 235 Å². The minimum Gasteiger partial charge on any atom is -0.461 e. The molecule has 2 unspecified atom stereocenters. The highest BCUT2D eigenvalue weighted by atomic mass is 32.2. The van der Waals surface area contributed by atoms with Gasteiger partial charge in [-0.05, 0) is 38.2 Å². The number of esters is 1. The summed E-state index contributed by atoms with van der Waals surface area (Å²) in [7, 11) is 0. The van der Waals surface area contributed by atoms with Gasteiger partial charge >= 0.3 is 5.97 Å². The first-order chi connectivity index (χ1) is 18.8. The molecular formula is C31H40N2O5S. The van der Waals surface area contributed by atoms with E-state index in [-0.39, 0.29) is 31.1 Å². The summed E-state index contributed by atoms with van der Waals surface area (Å²) in [6.45, 7) is 9.79. The number of benzene rings is 1. The molecule has 0 radical (unpaired) electrons. The van der Waals surface area contributed by atoms with E-state index in [0.717, 1.165) is 37.7 Å². The number of aliphatic hydroxyl groups is 1. The van der Waals surface area contributed by atoms with Crippen LogP contribution in [0.5, 0.6) is 0 Å². The molecule has 1 spiro atoms. The largest absolute Gasteiger partial charge is 0.461 e. The summed E-state index contributed by atoms with van der Waals surface area (Å²) < 4.78 is 4.26. The van der Waals surface area contributed by atoms with E-state index in [1.54, 1.807) is 22.7 Å². The SMILES string of the molecule is C=CCOC(=O)[C@H]1[C@H]2C(=O)N([C@H](CO)c3ccccc3)C(C(=O)N(CC=C)C3CCCCC3)C23CC[C@]1(C)S3. The number of hydrogen-bond donors (Lipinski definition) is 1. The predicted octanol–water partition coefficient (Wildman–Crippen LogP) is 4.28. The molecule has 2 amide bonds. The zero-order valence-electron chi connectivity index (χ0n) is 22.8. The van der Waals surface area contributed by atoms with Crippen LogP contribution in [0.3, 0.4) is 0 Å². The maximum atomic E-state index is 14.8. The van der Waals surface area contributed by atoms with Crippen LogP contribution in [0.2, 0.25) is 0 Å². The number of amides is 2. The van der Waals surface area contributed by atoms with E-state index in [4.69, 9.17) is 4.74 Å².